The summed E-state index contributed by atoms with van der Waals surface area (Å²) in [5, 5.41) is 20.4. The molecule has 0 spiro atoms. The second-order valence-electron chi connectivity index (χ2n) is 7.08. The first-order chi connectivity index (χ1) is 12.6. The minimum atomic E-state index is -5.18. The summed E-state index contributed by atoms with van der Waals surface area (Å²) >= 11 is 0. The minimum absolute atomic E-state index is 0. The molecule has 0 aromatic heterocycles. The third-order valence-electron chi connectivity index (χ3n) is 4.91. The van der Waals surface area contributed by atoms with Gasteiger partial charge in [0, 0.05) is 11.4 Å². The molecule has 0 aliphatic carbocycles. The second-order valence-corrected chi connectivity index (χ2v) is 8.58. The van der Waals surface area contributed by atoms with Crippen molar-refractivity contribution in [2.45, 2.75) is 89.2 Å². The van der Waals surface area contributed by atoms with Crippen LogP contribution in [0.25, 0.3) is 0 Å². The summed E-state index contributed by atoms with van der Waals surface area (Å²) in [7, 11) is -5.18. The van der Waals surface area contributed by atoms with E-state index >= 15 is 0 Å². The van der Waals surface area contributed by atoms with Crippen molar-refractivity contribution in [2.24, 2.45) is 5.41 Å². The fourth-order valence-electron chi connectivity index (χ4n) is 3.45. The molecule has 29 heavy (non-hydrogen) atoms. The molecule has 0 heterocycles. The van der Waals surface area contributed by atoms with Crippen LogP contribution in [0.5, 0.6) is 0 Å². The monoisotopic (exact) mass is 482 g/mol. The minimum Gasteiger partial charge on any atom is -0.549 e. The maximum atomic E-state index is 11.7. The Morgan fingerprint density at radius 1 is 0.966 bits per heavy atom. The molecule has 0 aliphatic rings. The van der Waals surface area contributed by atoms with E-state index in [1.54, 1.807) is 0 Å². The summed E-state index contributed by atoms with van der Waals surface area (Å²) in [6.45, 7) is 5.53. The van der Waals surface area contributed by atoms with Crippen molar-refractivity contribution >= 4 is 22.1 Å². The van der Waals surface area contributed by atoms with Crippen LogP contribution in [0.1, 0.15) is 84.0 Å². The number of allylic oxidation sites excluding steroid dienone is 1. The number of carboxylic acid groups (broad SMARTS) is 2. The quantitative estimate of drug-likeness (QED) is 0.0958. The zero-order valence-electron chi connectivity index (χ0n) is 18.2. The Labute approximate surface area is 260 Å². The fourth-order valence-corrected chi connectivity index (χ4v) is 4.57. The molecule has 0 rings (SSSR count). The number of carbonyl (C=O) groups excluding carboxylic acids is 2. The molecule has 0 amide bonds. The maximum absolute atomic E-state index is 11.7. The van der Waals surface area contributed by atoms with Gasteiger partial charge in [-0.05, 0) is 12.8 Å². The van der Waals surface area contributed by atoms with Crippen LogP contribution in [0.15, 0.2) is 12.7 Å². The summed E-state index contributed by atoms with van der Waals surface area (Å²) in [6, 6.07) is 0. The summed E-state index contributed by atoms with van der Waals surface area (Å²) in [4.78, 5) is 22.9. The first kappa shape index (κ1) is 35.5. The van der Waals surface area contributed by atoms with Gasteiger partial charge in [-0.3, -0.25) is 4.55 Å². The summed E-state index contributed by atoms with van der Waals surface area (Å²) in [6.07, 6.45) is 10.3. The Morgan fingerprint density at radius 3 is 1.69 bits per heavy atom. The van der Waals surface area contributed by atoms with Crippen LogP contribution < -0.4 is 113 Å². The zero-order chi connectivity index (χ0) is 20.9. The number of rotatable bonds is 17. The molecule has 0 radical (unpaired) electrons. The molecule has 10 heteroatoms. The van der Waals surface area contributed by atoms with Crippen LogP contribution in [0, 0.1) is 5.41 Å². The molecule has 0 aromatic rings. The third-order valence-corrected chi connectivity index (χ3v) is 6.14. The Bertz CT molecular complexity index is 581. The predicted octanol–water partition coefficient (Wildman–Crippen LogP) is -4.38. The molecule has 0 saturated heterocycles. The molecule has 0 aliphatic heterocycles. The van der Waals surface area contributed by atoms with Gasteiger partial charge in [-0.1, -0.05) is 77.2 Å². The SMILES string of the molecule is C=CCC(CCCCCCCCCCCC)(C(=O)[O-])C(C(=O)[O-])S(=O)(=O)O.[K+].[K+]. The first-order valence-corrected chi connectivity index (χ1v) is 11.1. The Hall–Kier alpha value is 1.86. The molecule has 0 fully saturated rings. The molecule has 0 bridgehead atoms. The molecule has 2 atom stereocenters. The average Bonchev–Trinajstić information content (AvgIpc) is 2.54. The van der Waals surface area contributed by atoms with Gasteiger partial charge in [0.25, 0.3) is 10.1 Å². The van der Waals surface area contributed by atoms with Crippen molar-refractivity contribution in [2.75, 3.05) is 0 Å². The van der Waals surface area contributed by atoms with Gasteiger partial charge >= 0.3 is 103 Å². The third kappa shape index (κ3) is 13.9. The predicted molar refractivity (Wildman–Crippen MR) is 99.1 cm³/mol. The van der Waals surface area contributed by atoms with Crippen molar-refractivity contribution in [3.8, 4) is 0 Å². The molecule has 158 valence electrons. The van der Waals surface area contributed by atoms with E-state index in [1.165, 1.54) is 25.7 Å². The van der Waals surface area contributed by atoms with E-state index in [0.717, 1.165) is 31.8 Å². The smallest absolute Gasteiger partial charge is 0.549 e. The van der Waals surface area contributed by atoms with Crippen LogP contribution in [-0.2, 0) is 19.7 Å². The van der Waals surface area contributed by atoms with Crippen molar-refractivity contribution in [1.82, 2.24) is 0 Å². The van der Waals surface area contributed by atoms with Crippen molar-refractivity contribution in [1.29, 1.82) is 0 Å². The van der Waals surface area contributed by atoms with Gasteiger partial charge in [-0.25, -0.2) is 0 Å². The first-order valence-electron chi connectivity index (χ1n) is 9.63. The van der Waals surface area contributed by atoms with Crippen molar-refractivity contribution in [3.63, 3.8) is 0 Å². The Balaban J connectivity index is -0.00000338. The van der Waals surface area contributed by atoms with Gasteiger partial charge in [0.1, 0.15) is 5.25 Å². The number of unbranched alkanes of at least 4 members (excludes halogenated alkanes) is 9. The van der Waals surface area contributed by atoms with Gasteiger partial charge in [-0.15, -0.1) is 6.58 Å². The van der Waals surface area contributed by atoms with E-state index in [9.17, 15) is 32.8 Å². The van der Waals surface area contributed by atoms with Crippen LogP contribution in [0.4, 0.5) is 0 Å². The van der Waals surface area contributed by atoms with E-state index in [2.05, 4.69) is 13.5 Å². The number of carboxylic acids is 2. The van der Waals surface area contributed by atoms with Crippen molar-refractivity contribution < 1.29 is 136 Å². The van der Waals surface area contributed by atoms with E-state index < -0.39 is 39.1 Å². The van der Waals surface area contributed by atoms with Crippen LogP contribution in [0.2, 0.25) is 0 Å². The Kier molecular flexibility index (Phi) is 23.6. The van der Waals surface area contributed by atoms with E-state index in [-0.39, 0.29) is 109 Å². The van der Waals surface area contributed by atoms with Gasteiger partial charge in [0.15, 0.2) is 0 Å². The van der Waals surface area contributed by atoms with Gasteiger partial charge in [0.05, 0.1) is 5.97 Å². The van der Waals surface area contributed by atoms with Crippen molar-refractivity contribution in [3.05, 3.63) is 12.7 Å². The van der Waals surface area contributed by atoms with Gasteiger partial charge in [-0.2, -0.15) is 8.42 Å². The summed E-state index contributed by atoms with van der Waals surface area (Å²) in [5.41, 5.74) is -2.30. The molecule has 2 unspecified atom stereocenters. The normalized spacial score (nSPS) is 14.0. The number of aliphatic carboxylic acids is 2. The molecule has 1 N–H and O–H groups in total. The molecular weight excluding hydrogens is 450 g/mol. The molecule has 7 nitrogen and oxygen atoms in total. The largest absolute Gasteiger partial charge is 1.00 e. The number of hydrogen-bond donors (Lipinski definition) is 1. The van der Waals surface area contributed by atoms with Gasteiger partial charge in [0.2, 0.25) is 0 Å². The molecular formula is C19H32K2O7S. The average molecular weight is 483 g/mol. The van der Waals surface area contributed by atoms with Gasteiger partial charge < -0.3 is 19.8 Å². The molecule has 0 saturated carbocycles. The van der Waals surface area contributed by atoms with Crippen LogP contribution in [-0.4, -0.2) is 30.2 Å². The molecule has 0 aromatic carbocycles. The fraction of sp³-hybridized carbons (Fsp3) is 0.789. The second kappa shape index (κ2) is 19.3. The Morgan fingerprint density at radius 2 is 1.38 bits per heavy atom. The zero-order valence-corrected chi connectivity index (χ0v) is 25.2. The topological polar surface area (TPSA) is 135 Å². The van der Waals surface area contributed by atoms with E-state index in [4.69, 9.17) is 0 Å². The number of hydrogen-bond acceptors (Lipinski definition) is 6. The number of carbonyl (C=O) groups is 2. The van der Waals surface area contributed by atoms with E-state index in [1.807, 2.05) is 0 Å². The maximum Gasteiger partial charge on any atom is 1.00 e. The van der Waals surface area contributed by atoms with Crippen LogP contribution in [0.3, 0.4) is 0 Å². The summed E-state index contributed by atoms with van der Waals surface area (Å²) in [5.74, 6) is -4.00. The van der Waals surface area contributed by atoms with E-state index in [0.29, 0.717) is 12.8 Å². The standard InChI is InChI=1S/C19H34O7S.2K/c1-3-5-6-7-8-9-10-11-12-13-15-19(14-4-2,18(22)23)16(17(20)21)27(24,25)26;;/h4,16H,2-3,5-15H2,1H3,(H,20,21)(H,22,23)(H,24,25,26);;/q;2*+1/p-2. The summed E-state index contributed by atoms with van der Waals surface area (Å²) < 4.78 is 32.2. The van der Waals surface area contributed by atoms with Crippen LogP contribution >= 0.6 is 0 Å².